The van der Waals surface area contributed by atoms with Gasteiger partial charge in [0.2, 0.25) is 0 Å². The highest BCUT2D eigenvalue weighted by molar-refractivity contribution is 6.37. The Balaban J connectivity index is 3.86. The molecule has 5 heteroatoms. The molecule has 0 aromatic heterocycles. The van der Waals surface area contributed by atoms with E-state index in [1.54, 1.807) is 0 Å². The molecule has 0 N–H and O–H groups in total. The van der Waals surface area contributed by atoms with Crippen LogP contribution >= 0.6 is 0 Å². The number of rotatable bonds is 14. The van der Waals surface area contributed by atoms with Crippen LogP contribution in [0.3, 0.4) is 0 Å². The lowest BCUT2D eigenvalue weighted by molar-refractivity contribution is -0.160. The van der Waals surface area contributed by atoms with Crippen LogP contribution in [0.2, 0.25) is 0 Å². The summed E-state index contributed by atoms with van der Waals surface area (Å²) in [6, 6.07) is 0. The average molecular weight is 328 g/mol. The van der Waals surface area contributed by atoms with Crippen molar-refractivity contribution in [3.05, 3.63) is 0 Å². The molecule has 0 aliphatic heterocycles. The van der Waals surface area contributed by atoms with Gasteiger partial charge >= 0.3 is 11.9 Å². The first-order valence-electron chi connectivity index (χ1n) is 8.78. The van der Waals surface area contributed by atoms with Gasteiger partial charge in [-0.2, -0.15) is 0 Å². The van der Waals surface area contributed by atoms with E-state index in [0.717, 1.165) is 26.4 Å². The lowest BCUT2D eigenvalue weighted by atomic mass is 9.96. The number of carbonyl (C=O) groups excluding carboxylic acids is 3. The summed E-state index contributed by atoms with van der Waals surface area (Å²) in [5, 5.41) is 0. The number of ketones is 1. The third-order valence-corrected chi connectivity index (χ3v) is 4.04. The second-order valence-corrected chi connectivity index (χ2v) is 5.90. The molecule has 0 heterocycles. The van der Waals surface area contributed by atoms with Crippen LogP contribution in [0.25, 0.3) is 0 Å². The first-order valence-corrected chi connectivity index (χ1v) is 8.78. The van der Waals surface area contributed by atoms with Gasteiger partial charge in [0.15, 0.2) is 0 Å². The number of hydrogen-bond donors (Lipinski definition) is 0. The molecule has 23 heavy (non-hydrogen) atoms. The molecule has 0 fully saturated rings. The zero-order chi connectivity index (χ0) is 17.5. The Morgan fingerprint density at radius 2 is 1.22 bits per heavy atom. The molecular weight excluding hydrogens is 296 g/mol. The molecule has 0 aromatic carbocycles. The average Bonchev–Trinajstić information content (AvgIpc) is 2.57. The SMILES string of the molecule is CCCCCCCCCCCCC(C(=O)OC)C(=O)C(=O)OC. The summed E-state index contributed by atoms with van der Waals surface area (Å²) in [5.74, 6) is -3.47. The number of ether oxygens (including phenoxy) is 2. The van der Waals surface area contributed by atoms with Crippen molar-refractivity contribution in [1.29, 1.82) is 0 Å². The lowest BCUT2D eigenvalue weighted by Crippen LogP contribution is -2.31. The van der Waals surface area contributed by atoms with Crippen molar-refractivity contribution in [2.24, 2.45) is 5.92 Å². The van der Waals surface area contributed by atoms with E-state index in [1.165, 1.54) is 52.1 Å². The minimum atomic E-state index is -1.03. The summed E-state index contributed by atoms with van der Waals surface area (Å²) in [7, 11) is 2.35. The van der Waals surface area contributed by atoms with E-state index in [1.807, 2.05) is 0 Å². The van der Waals surface area contributed by atoms with Crippen LogP contribution in [-0.4, -0.2) is 31.9 Å². The van der Waals surface area contributed by atoms with Gasteiger partial charge < -0.3 is 9.47 Å². The molecule has 0 aliphatic carbocycles. The summed E-state index contributed by atoms with van der Waals surface area (Å²) in [4.78, 5) is 34.7. The first-order chi connectivity index (χ1) is 11.1. The minimum Gasteiger partial charge on any atom is -0.468 e. The van der Waals surface area contributed by atoms with Crippen molar-refractivity contribution in [2.45, 2.75) is 77.6 Å². The van der Waals surface area contributed by atoms with Crippen LogP contribution in [-0.2, 0) is 23.9 Å². The molecule has 1 unspecified atom stereocenters. The summed E-state index contributed by atoms with van der Waals surface area (Å²) in [6.07, 6.45) is 12.1. The molecule has 0 bridgehead atoms. The van der Waals surface area contributed by atoms with Crippen LogP contribution in [0, 0.1) is 5.92 Å². The van der Waals surface area contributed by atoms with Crippen LogP contribution in [0.15, 0.2) is 0 Å². The fourth-order valence-electron chi connectivity index (χ4n) is 2.58. The van der Waals surface area contributed by atoms with Crippen molar-refractivity contribution < 1.29 is 23.9 Å². The van der Waals surface area contributed by atoms with Crippen LogP contribution in [0.1, 0.15) is 77.6 Å². The summed E-state index contributed by atoms with van der Waals surface area (Å²) < 4.78 is 8.99. The van der Waals surface area contributed by atoms with Gasteiger partial charge in [0.05, 0.1) is 14.2 Å². The third kappa shape index (κ3) is 10.1. The lowest BCUT2D eigenvalue weighted by Gasteiger charge is -2.12. The molecule has 5 nitrogen and oxygen atoms in total. The Hall–Kier alpha value is -1.39. The topological polar surface area (TPSA) is 69.7 Å². The molecule has 0 amide bonds. The van der Waals surface area contributed by atoms with E-state index < -0.39 is 23.6 Å². The quantitative estimate of drug-likeness (QED) is 0.210. The number of Topliss-reactive ketones (excluding diaryl/α,β-unsaturated/α-hetero) is 1. The highest BCUT2D eigenvalue weighted by Crippen LogP contribution is 2.16. The standard InChI is InChI=1S/C18H32O5/c1-4-5-6-7-8-9-10-11-12-13-14-15(17(20)22-2)16(19)18(21)23-3/h15H,4-14H2,1-3H3. The maximum atomic E-state index is 11.8. The Morgan fingerprint density at radius 1 is 0.739 bits per heavy atom. The largest absolute Gasteiger partial charge is 0.468 e. The maximum absolute atomic E-state index is 11.8. The number of unbranched alkanes of at least 4 members (excludes halogenated alkanes) is 9. The fraction of sp³-hybridized carbons (Fsp3) is 0.833. The summed E-state index contributed by atoms with van der Waals surface area (Å²) in [6.45, 7) is 2.21. The number of hydrogen-bond acceptors (Lipinski definition) is 5. The van der Waals surface area contributed by atoms with Crippen molar-refractivity contribution in [3.63, 3.8) is 0 Å². The molecule has 1 atom stereocenters. The molecule has 0 radical (unpaired) electrons. The van der Waals surface area contributed by atoms with E-state index in [9.17, 15) is 14.4 Å². The van der Waals surface area contributed by atoms with Gasteiger partial charge in [0.1, 0.15) is 5.92 Å². The smallest absolute Gasteiger partial charge is 0.375 e. The second-order valence-electron chi connectivity index (χ2n) is 5.90. The van der Waals surface area contributed by atoms with Crippen LogP contribution in [0.4, 0.5) is 0 Å². The predicted molar refractivity (Wildman–Crippen MR) is 89.0 cm³/mol. The molecule has 0 spiro atoms. The second kappa shape index (κ2) is 14.2. The molecule has 0 aromatic rings. The highest BCUT2D eigenvalue weighted by Gasteiger charge is 2.32. The van der Waals surface area contributed by atoms with Gasteiger partial charge in [-0.25, -0.2) is 4.79 Å². The maximum Gasteiger partial charge on any atom is 0.375 e. The molecule has 134 valence electrons. The van der Waals surface area contributed by atoms with E-state index in [4.69, 9.17) is 0 Å². The summed E-state index contributed by atoms with van der Waals surface area (Å²) in [5.41, 5.74) is 0. The molecule has 0 aliphatic rings. The van der Waals surface area contributed by atoms with E-state index in [0.29, 0.717) is 6.42 Å². The summed E-state index contributed by atoms with van der Waals surface area (Å²) >= 11 is 0. The predicted octanol–water partition coefficient (Wildman–Crippen LogP) is 3.83. The normalized spacial score (nSPS) is 11.8. The van der Waals surface area contributed by atoms with Crippen molar-refractivity contribution in [2.75, 3.05) is 14.2 Å². The van der Waals surface area contributed by atoms with E-state index >= 15 is 0 Å². The molecule has 0 rings (SSSR count). The molecular formula is C18H32O5. The Labute approximate surface area is 140 Å². The Kier molecular flexibility index (Phi) is 13.4. The van der Waals surface area contributed by atoms with E-state index in [2.05, 4.69) is 16.4 Å². The Bertz CT molecular complexity index is 351. The fourth-order valence-corrected chi connectivity index (χ4v) is 2.58. The first kappa shape index (κ1) is 21.6. The van der Waals surface area contributed by atoms with Gasteiger partial charge in [0.25, 0.3) is 5.78 Å². The Morgan fingerprint density at radius 3 is 1.65 bits per heavy atom. The van der Waals surface area contributed by atoms with Gasteiger partial charge in [-0.05, 0) is 6.42 Å². The zero-order valence-electron chi connectivity index (χ0n) is 14.9. The van der Waals surface area contributed by atoms with Gasteiger partial charge in [-0.15, -0.1) is 0 Å². The van der Waals surface area contributed by atoms with Crippen molar-refractivity contribution in [1.82, 2.24) is 0 Å². The van der Waals surface area contributed by atoms with Gasteiger partial charge in [-0.1, -0.05) is 71.1 Å². The van der Waals surface area contributed by atoms with Gasteiger partial charge in [0, 0.05) is 0 Å². The minimum absolute atomic E-state index is 0.344. The van der Waals surface area contributed by atoms with E-state index in [-0.39, 0.29) is 0 Å². The monoisotopic (exact) mass is 328 g/mol. The number of carbonyl (C=O) groups is 3. The zero-order valence-corrected chi connectivity index (χ0v) is 14.9. The van der Waals surface area contributed by atoms with Crippen molar-refractivity contribution >= 4 is 17.7 Å². The molecule has 0 saturated carbocycles. The molecule has 0 saturated heterocycles. The van der Waals surface area contributed by atoms with Crippen molar-refractivity contribution in [3.8, 4) is 0 Å². The van der Waals surface area contributed by atoms with Gasteiger partial charge in [-0.3, -0.25) is 9.59 Å². The number of esters is 2. The van der Waals surface area contributed by atoms with Crippen LogP contribution in [0.5, 0.6) is 0 Å². The number of methoxy groups -OCH3 is 2. The highest BCUT2D eigenvalue weighted by atomic mass is 16.5. The van der Waals surface area contributed by atoms with Crippen LogP contribution < -0.4 is 0 Å². The third-order valence-electron chi connectivity index (χ3n) is 4.04.